The first-order valence-electron chi connectivity index (χ1n) is 9.17. The number of carbonyl (C=O) groups is 2. The van der Waals surface area contributed by atoms with Gasteiger partial charge in [0.25, 0.3) is 11.1 Å². The highest BCUT2D eigenvalue weighted by atomic mass is 35.5. The fourth-order valence-electron chi connectivity index (χ4n) is 3.46. The number of carbonyl (C=O) groups excluding carboxylic acids is 2. The second kappa shape index (κ2) is 8.57. The number of rotatable bonds is 4. The molecule has 0 bridgehead atoms. The number of benzene rings is 1. The molecule has 2 fully saturated rings. The average Bonchev–Trinajstić information content (AvgIpc) is 2.91. The van der Waals surface area contributed by atoms with Crippen LogP contribution in [-0.4, -0.2) is 48.8 Å². The number of nitrogens with one attached hydrogen (secondary N) is 1. The van der Waals surface area contributed by atoms with E-state index in [-0.39, 0.29) is 15.5 Å². The summed E-state index contributed by atoms with van der Waals surface area (Å²) in [6.45, 7) is 7.95. The number of hydrogen-bond acceptors (Lipinski definition) is 5. The van der Waals surface area contributed by atoms with Gasteiger partial charge in [0.1, 0.15) is 0 Å². The van der Waals surface area contributed by atoms with Gasteiger partial charge in [-0.3, -0.25) is 19.8 Å². The lowest BCUT2D eigenvalue weighted by Gasteiger charge is -2.38. The lowest BCUT2D eigenvalue weighted by molar-refractivity contribution is -0.137. The van der Waals surface area contributed by atoms with E-state index >= 15 is 0 Å². The largest absolute Gasteiger partial charge is 0.416 e. The summed E-state index contributed by atoms with van der Waals surface area (Å²) < 4.78 is 39.9. The maximum Gasteiger partial charge on any atom is 0.416 e. The average molecular weight is 448 g/mol. The first kappa shape index (κ1) is 22.0. The SMILES string of the molecule is CC(C)CN1CCN(c2c(Cl)cc(C(F)(F)F)cc2C=C2SC(=O)NC2=O)CC1. The molecule has 2 aliphatic rings. The first-order chi connectivity index (χ1) is 13.5. The predicted octanol–water partition coefficient (Wildman–Crippen LogP) is 4.46. The molecule has 158 valence electrons. The summed E-state index contributed by atoms with van der Waals surface area (Å²) >= 11 is 6.95. The third kappa shape index (κ3) is 5.26. The van der Waals surface area contributed by atoms with Crippen molar-refractivity contribution in [2.45, 2.75) is 20.0 Å². The summed E-state index contributed by atoms with van der Waals surface area (Å²) in [5.74, 6) is -0.104. The van der Waals surface area contributed by atoms with Crippen LogP contribution >= 0.6 is 23.4 Å². The molecule has 5 nitrogen and oxygen atoms in total. The number of anilines is 1. The number of thioether (sulfide) groups is 1. The van der Waals surface area contributed by atoms with Gasteiger partial charge in [0, 0.05) is 38.3 Å². The van der Waals surface area contributed by atoms with E-state index in [4.69, 9.17) is 11.6 Å². The summed E-state index contributed by atoms with van der Waals surface area (Å²) in [6, 6.07) is 1.89. The van der Waals surface area contributed by atoms with Gasteiger partial charge in [-0.25, -0.2) is 0 Å². The molecule has 1 N–H and O–H groups in total. The second-order valence-corrected chi connectivity index (χ2v) is 8.85. The van der Waals surface area contributed by atoms with Crippen LogP contribution < -0.4 is 10.2 Å². The van der Waals surface area contributed by atoms with Crippen LogP contribution in [0.5, 0.6) is 0 Å². The molecule has 2 heterocycles. The van der Waals surface area contributed by atoms with Gasteiger partial charge in [0.05, 0.1) is 21.2 Å². The molecule has 29 heavy (non-hydrogen) atoms. The van der Waals surface area contributed by atoms with Crippen LogP contribution in [0.4, 0.5) is 23.7 Å². The van der Waals surface area contributed by atoms with Gasteiger partial charge in [-0.2, -0.15) is 13.2 Å². The molecule has 0 atom stereocenters. The summed E-state index contributed by atoms with van der Waals surface area (Å²) in [4.78, 5) is 27.6. The maximum absolute atomic E-state index is 13.3. The van der Waals surface area contributed by atoms with Gasteiger partial charge in [0.15, 0.2) is 0 Å². The highest BCUT2D eigenvalue weighted by Gasteiger charge is 2.34. The van der Waals surface area contributed by atoms with E-state index in [1.807, 2.05) is 4.90 Å². The van der Waals surface area contributed by atoms with Gasteiger partial charge in [-0.1, -0.05) is 25.4 Å². The van der Waals surface area contributed by atoms with E-state index in [9.17, 15) is 22.8 Å². The quantitative estimate of drug-likeness (QED) is 0.690. The molecule has 1 aromatic rings. The molecular formula is C19H21ClF3N3O2S. The van der Waals surface area contributed by atoms with Crippen molar-refractivity contribution in [2.24, 2.45) is 5.92 Å². The van der Waals surface area contributed by atoms with Crippen LogP contribution in [0.15, 0.2) is 17.0 Å². The van der Waals surface area contributed by atoms with E-state index in [1.54, 1.807) is 0 Å². The van der Waals surface area contributed by atoms with E-state index in [0.29, 0.717) is 36.5 Å². The number of amides is 2. The Morgan fingerprint density at radius 1 is 1.21 bits per heavy atom. The van der Waals surface area contributed by atoms with E-state index in [1.165, 1.54) is 6.08 Å². The highest BCUT2D eigenvalue weighted by molar-refractivity contribution is 8.18. The Kier molecular flexibility index (Phi) is 6.50. The third-order valence-electron chi connectivity index (χ3n) is 4.66. The van der Waals surface area contributed by atoms with Crippen LogP contribution in [0.1, 0.15) is 25.0 Å². The Hall–Kier alpha value is -1.71. The van der Waals surface area contributed by atoms with Crippen LogP contribution in [0, 0.1) is 5.92 Å². The van der Waals surface area contributed by atoms with Crippen molar-refractivity contribution in [3.63, 3.8) is 0 Å². The Labute approximate surface area is 176 Å². The van der Waals surface area contributed by atoms with Crippen LogP contribution in [0.3, 0.4) is 0 Å². The molecule has 0 unspecified atom stereocenters. The first-order valence-corrected chi connectivity index (χ1v) is 10.4. The minimum absolute atomic E-state index is 0.0290. The van der Waals surface area contributed by atoms with Crippen LogP contribution in [-0.2, 0) is 11.0 Å². The molecular weight excluding hydrogens is 427 g/mol. The molecule has 10 heteroatoms. The predicted molar refractivity (Wildman–Crippen MR) is 109 cm³/mol. The van der Waals surface area contributed by atoms with Crippen molar-refractivity contribution >= 4 is 46.3 Å². The monoisotopic (exact) mass is 447 g/mol. The van der Waals surface area contributed by atoms with Gasteiger partial charge in [-0.05, 0) is 35.9 Å². The molecule has 0 aromatic heterocycles. The molecule has 2 amide bonds. The van der Waals surface area contributed by atoms with Crippen molar-refractivity contribution in [3.8, 4) is 0 Å². The second-order valence-electron chi connectivity index (χ2n) is 7.43. The minimum atomic E-state index is -4.58. The number of alkyl halides is 3. The molecule has 0 radical (unpaired) electrons. The number of imide groups is 1. The Morgan fingerprint density at radius 3 is 2.38 bits per heavy atom. The Bertz CT molecular complexity index is 850. The minimum Gasteiger partial charge on any atom is -0.367 e. The van der Waals surface area contributed by atoms with Crippen molar-refractivity contribution in [1.29, 1.82) is 0 Å². The molecule has 0 aliphatic carbocycles. The normalized spacial score (nSPS) is 20.1. The number of halogens is 4. The zero-order chi connectivity index (χ0) is 21.3. The number of nitrogens with zero attached hydrogens (tertiary/aromatic N) is 2. The Morgan fingerprint density at radius 2 is 1.86 bits per heavy atom. The number of piperazine rings is 1. The summed E-state index contributed by atoms with van der Waals surface area (Å²) in [6.07, 6.45) is -3.27. The van der Waals surface area contributed by atoms with Crippen LogP contribution in [0.2, 0.25) is 5.02 Å². The highest BCUT2D eigenvalue weighted by Crippen LogP contribution is 2.40. The molecule has 3 rings (SSSR count). The molecule has 0 spiro atoms. The smallest absolute Gasteiger partial charge is 0.367 e. The van der Waals surface area contributed by atoms with E-state index < -0.39 is 22.9 Å². The van der Waals surface area contributed by atoms with Gasteiger partial charge in [-0.15, -0.1) is 0 Å². The van der Waals surface area contributed by atoms with Gasteiger partial charge >= 0.3 is 6.18 Å². The topological polar surface area (TPSA) is 52.6 Å². The van der Waals surface area contributed by atoms with Gasteiger partial charge in [0.2, 0.25) is 0 Å². The number of hydrogen-bond donors (Lipinski definition) is 1. The summed E-state index contributed by atoms with van der Waals surface area (Å²) in [5.41, 5.74) is -0.273. The zero-order valence-corrected chi connectivity index (χ0v) is 17.5. The molecule has 2 aliphatic heterocycles. The lowest BCUT2D eigenvalue weighted by Crippen LogP contribution is -2.47. The lowest BCUT2D eigenvalue weighted by atomic mass is 10.0. The maximum atomic E-state index is 13.3. The van der Waals surface area contributed by atoms with E-state index in [2.05, 4.69) is 24.1 Å². The molecule has 1 aromatic carbocycles. The van der Waals surface area contributed by atoms with Gasteiger partial charge < -0.3 is 4.90 Å². The third-order valence-corrected chi connectivity index (χ3v) is 5.76. The van der Waals surface area contributed by atoms with Crippen molar-refractivity contribution < 1.29 is 22.8 Å². The summed E-state index contributed by atoms with van der Waals surface area (Å²) in [7, 11) is 0. The summed E-state index contributed by atoms with van der Waals surface area (Å²) in [5, 5.41) is 1.53. The Balaban J connectivity index is 1.97. The molecule has 0 saturated carbocycles. The fourth-order valence-corrected chi connectivity index (χ4v) is 4.48. The standard InChI is InChI=1S/C19H21ClF3N3O2S/c1-11(2)10-25-3-5-26(6-4-25)16-12(8-15-17(27)24-18(28)29-15)7-13(9-14(16)20)19(21,22)23/h7-9,11H,3-6,10H2,1-2H3,(H,24,27,28). The fraction of sp³-hybridized carbons (Fsp3) is 0.474. The van der Waals surface area contributed by atoms with E-state index in [0.717, 1.165) is 31.8 Å². The van der Waals surface area contributed by atoms with Crippen molar-refractivity contribution in [1.82, 2.24) is 10.2 Å². The van der Waals surface area contributed by atoms with Crippen LogP contribution in [0.25, 0.3) is 6.08 Å². The zero-order valence-electron chi connectivity index (χ0n) is 16.0. The molecule has 2 saturated heterocycles. The van der Waals surface area contributed by atoms with Crippen molar-refractivity contribution in [2.75, 3.05) is 37.6 Å². The van der Waals surface area contributed by atoms with Crippen molar-refractivity contribution in [3.05, 3.63) is 33.2 Å².